The Morgan fingerprint density at radius 2 is 1.58 bits per heavy atom. The molecule has 0 bridgehead atoms. The fourth-order valence-electron chi connectivity index (χ4n) is 5.50. The second kappa shape index (κ2) is 6.49. The Hall–Kier alpha value is -3.52. The number of fused-ring (bicyclic) bond motifs is 4. The number of rotatable bonds is 2. The van der Waals surface area contributed by atoms with E-state index in [-0.39, 0.29) is 5.41 Å². The smallest absolute Gasteiger partial charge is 0.0545 e. The van der Waals surface area contributed by atoms with Crippen molar-refractivity contribution in [2.24, 2.45) is 0 Å². The third kappa shape index (κ3) is 2.58. The van der Waals surface area contributed by atoms with Gasteiger partial charge in [-0.05, 0) is 59.4 Å². The fourth-order valence-corrected chi connectivity index (χ4v) is 5.50. The van der Waals surface area contributed by atoms with E-state index in [1.165, 1.54) is 27.7 Å². The highest BCUT2D eigenvalue weighted by Crippen LogP contribution is 2.52. The number of allylic oxidation sites excluding steroid dienone is 4. The predicted octanol–water partition coefficient (Wildman–Crippen LogP) is 7.71. The molecule has 2 nitrogen and oxygen atoms in total. The summed E-state index contributed by atoms with van der Waals surface area (Å²) in [6.07, 6.45) is 6.88. The zero-order chi connectivity index (χ0) is 21.2. The van der Waals surface area contributed by atoms with E-state index in [1.807, 2.05) is 6.07 Å². The summed E-state index contributed by atoms with van der Waals surface area (Å²) in [4.78, 5) is 0. The Balaban J connectivity index is 1.70. The van der Waals surface area contributed by atoms with Gasteiger partial charge in [-0.15, -0.1) is 0 Å². The summed E-state index contributed by atoms with van der Waals surface area (Å²) < 4.78 is 0. The van der Waals surface area contributed by atoms with Crippen molar-refractivity contribution < 1.29 is 0 Å². The molecule has 0 radical (unpaired) electrons. The van der Waals surface area contributed by atoms with Crippen LogP contribution in [0.25, 0.3) is 27.1 Å². The van der Waals surface area contributed by atoms with E-state index < -0.39 is 0 Å². The fraction of sp³-hybridized carbons (Fsp3) is 0.172. The highest BCUT2D eigenvalue weighted by atomic mass is 14.9. The van der Waals surface area contributed by atoms with Gasteiger partial charge in [0.1, 0.15) is 0 Å². The molecule has 4 aromatic carbocycles. The Bertz CT molecular complexity index is 1420. The number of nitrogens with one attached hydrogen (secondary N) is 1. The van der Waals surface area contributed by atoms with Crippen LogP contribution in [0.15, 0.2) is 84.5 Å². The molecule has 2 heteroatoms. The summed E-state index contributed by atoms with van der Waals surface area (Å²) >= 11 is 0. The number of nitrogens with two attached hydrogens (primary N) is 1. The number of nitrogen functional groups attached to an aromatic ring is 1. The molecule has 0 aliphatic heterocycles. The van der Waals surface area contributed by atoms with E-state index in [0.29, 0.717) is 0 Å². The molecular formula is C29H26N2. The van der Waals surface area contributed by atoms with Crippen molar-refractivity contribution in [3.8, 4) is 0 Å². The molecular weight excluding hydrogens is 376 g/mol. The van der Waals surface area contributed by atoms with Crippen LogP contribution in [0.4, 0.5) is 17.1 Å². The van der Waals surface area contributed by atoms with Crippen LogP contribution in [0, 0.1) is 0 Å². The quantitative estimate of drug-likeness (QED) is 0.205. The summed E-state index contributed by atoms with van der Waals surface area (Å²) in [5, 5.41) is 8.30. The molecule has 0 amide bonds. The molecule has 152 valence electrons. The van der Waals surface area contributed by atoms with Gasteiger partial charge >= 0.3 is 0 Å². The number of para-hydroxylation sites is 1. The van der Waals surface area contributed by atoms with E-state index in [9.17, 15) is 0 Å². The van der Waals surface area contributed by atoms with Crippen LogP contribution in [0.5, 0.6) is 0 Å². The maximum Gasteiger partial charge on any atom is 0.0545 e. The van der Waals surface area contributed by atoms with E-state index >= 15 is 0 Å². The van der Waals surface area contributed by atoms with Gasteiger partial charge in [0.2, 0.25) is 0 Å². The number of hydrogen-bond acceptors (Lipinski definition) is 2. The van der Waals surface area contributed by atoms with Gasteiger partial charge in [0.05, 0.1) is 5.69 Å². The van der Waals surface area contributed by atoms with Crippen molar-refractivity contribution in [3.63, 3.8) is 0 Å². The number of anilines is 3. The maximum absolute atomic E-state index is 6.79. The summed E-state index contributed by atoms with van der Waals surface area (Å²) in [5.74, 6) is 0. The first kappa shape index (κ1) is 18.3. The minimum absolute atomic E-state index is 0.000199. The van der Waals surface area contributed by atoms with Gasteiger partial charge in [-0.3, -0.25) is 0 Å². The zero-order valence-corrected chi connectivity index (χ0v) is 18.0. The molecule has 0 aromatic heterocycles. The molecule has 31 heavy (non-hydrogen) atoms. The van der Waals surface area contributed by atoms with E-state index in [2.05, 4.69) is 92.0 Å². The minimum atomic E-state index is 0.000199. The Kier molecular flexibility index (Phi) is 3.82. The molecule has 3 N–H and O–H groups in total. The lowest BCUT2D eigenvalue weighted by Gasteiger charge is -2.25. The molecule has 6 rings (SSSR count). The molecule has 0 saturated carbocycles. The topological polar surface area (TPSA) is 38.0 Å². The normalized spacial score (nSPS) is 16.6. The van der Waals surface area contributed by atoms with Crippen LogP contribution >= 0.6 is 0 Å². The molecule has 0 heterocycles. The first-order chi connectivity index (χ1) is 15.1. The first-order valence-electron chi connectivity index (χ1n) is 11.1. The van der Waals surface area contributed by atoms with E-state index in [1.54, 1.807) is 0 Å². The van der Waals surface area contributed by atoms with Gasteiger partial charge in [-0.1, -0.05) is 68.5 Å². The van der Waals surface area contributed by atoms with Crippen molar-refractivity contribution >= 4 is 44.2 Å². The Morgan fingerprint density at radius 1 is 0.839 bits per heavy atom. The van der Waals surface area contributed by atoms with Crippen LogP contribution in [-0.2, 0) is 5.41 Å². The minimum Gasteiger partial charge on any atom is -0.398 e. The van der Waals surface area contributed by atoms with Crippen LogP contribution in [0.2, 0.25) is 0 Å². The highest BCUT2D eigenvalue weighted by molar-refractivity contribution is 6.20. The Morgan fingerprint density at radius 3 is 2.39 bits per heavy atom. The van der Waals surface area contributed by atoms with Gasteiger partial charge in [-0.25, -0.2) is 0 Å². The largest absolute Gasteiger partial charge is 0.398 e. The van der Waals surface area contributed by atoms with Crippen molar-refractivity contribution in [1.29, 1.82) is 0 Å². The zero-order valence-electron chi connectivity index (χ0n) is 18.0. The number of benzene rings is 4. The van der Waals surface area contributed by atoms with Crippen LogP contribution in [-0.4, -0.2) is 0 Å². The summed E-state index contributed by atoms with van der Waals surface area (Å²) in [7, 11) is 0. The summed E-state index contributed by atoms with van der Waals surface area (Å²) in [6.45, 7) is 4.70. The third-order valence-electron chi connectivity index (χ3n) is 7.09. The third-order valence-corrected chi connectivity index (χ3v) is 7.09. The molecule has 0 saturated heterocycles. The van der Waals surface area contributed by atoms with Gasteiger partial charge < -0.3 is 11.1 Å². The van der Waals surface area contributed by atoms with Crippen molar-refractivity contribution in [1.82, 2.24) is 0 Å². The highest BCUT2D eigenvalue weighted by Gasteiger charge is 2.37. The van der Waals surface area contributed by atoms with Crippen molar-refractivity contribution in [2.75, 3.05) is 11.1 Å². The lowest BCUT2D eigenvalue weighted by atomic mass is 9.79. The Labute approximate surface area is 183 Å². The van der Waals surface area contributed by atoms with Gasteiger partial charge in [0.25, 0.3) is 0 Å². The van der Waals surface area contributed by atoms with Crippen LogP contribution in [0.1, 0.15) is 37.8 Å². The lowest BCUT2D eigenvalue weighted by molar-refractivity contribution is 0.652. The monoisotopic (exact) mass is 402 g/mol. The predicted molar refractivity (Wildman–Crippen MR) is 134 cm³/mol. The molecule has 4 aromatic rings. The van der Waals surface area contributed by atoms with E-state index in [0.717, 1.165) is 46.1 Å². The van der Waals surface area contributed by atoms with E-state index in [4.69, 9.17) is 5.73 Å². The second-order valence-electron chi connectivity index (χ2n) is 9.23. The standard InChI is InChI=1S/C29H26N2/c1-29(2)25-15-9-8-12-19(25)22-16-23-24(17-26(22)29)28(31-18-10-4-3-5-11-18)21-14-7-6-13-20(21)27(23)30/h3-7,9-11,13-17,31H,8,12,30H2,1-2H3. The SMILES string of the molecule is CC1(C)C2=C(CCC=C2)c2cc3c(N)c4ccccc4c(Nc4ccccc4)c3cc21. The summed E-state index contributed by atoms with van der Waals surface area (Å²) in [5.41, 5.74) is 15.6. The van der Waals surface area contributed by atoms with Crippen molar-refractivity contribution in [2.45, 2.75) is 32.1 Å². The van der Waals surface area contributed by atoms with Gasteiger partial charge in [-0.2, -0.15) is 0 Å². The molecule has 2 aliphatic rings. The van der Waals surface area contributed by atoms with Crippen LogP contribution < -0.4 is 11.1 Å². The molecule has 0 unspecified atom stereocenters. The van der Waals surface area contributed by atoms with Gasteiger partial charge in [0.15, 0.2) is 0 Å². The molecule has 0 spiro atoms. The maximum atomic E-state index is 6.79. The lowest BCUT2D eigenvalue weighted by Crippen LogP contribution is -2.16. The first-order valence-corrected chi connectivity index (χ1v) is 11.1. The molecule has 0 atom stereocenters. The van der Waals surface area contributed by atoms with Crippen molar-refractivity contribution in [3.05, 3.63) is 95.6 Å². The van der Waals surface area contributed by atoms with Gasteiger partial charge in [0, 0.05) is 38.3 Å². The molecule has 2 aliphatic carbocycles. The average molecular weight is 403 g/mol. The average Bonchev–Trinajstić information content (AvgIpc) is 3.03. The summed E-state index contributed by atoms with van der Waals surface area (Å²) in [6, 6.07) is 23.6. The second-order valence-corrected chi connectivity index (χ2v) is 9.23. The number of hydrogen-bond donors (Lipinski definition) is 2. The van der Waals surface area contributed by atoms with Crippen LogP contribution in [0.3, 0.4) is 0 Å². The molecule has 0 fully saturated rings.